The van der Waals surface area contributed by atoms with E-state index >= 15 is 0 Å². The molecule has 1 heterocycles. The molecule has 0 aliphatic carbocycles. The largest absolute Gasteiger partial charge is 0.438 e. The molecule has 5 heavy (non-hydrogen) atoms. The summed E-state index contributed by atoms with van der Waals surface area (Å²) in [6.45, 7) is 0. The van der Waals surface area contributed by atoms with Crippen LogP contribution in [0.4, 0.5) is 0 Å². The zero-order chi connectivity index (χ0) is 3.54. The highest BCUT2D eigenvalue weighted by Gasteiger charge is 1.86. The lowest BCUT2D eigenvalue weighted by molar-refractivity contribution is 1.40. The first-order valence-electron chi connectivity index (χ1n) is 1.73. The van der Waals surface area contributed by atoms with Crippen molar-refractivity contribution in [1.82, 2.24) is 5.23 Å². The summed E-state index contributed by atoms with van der Waals surface area (Å²) < 4.78 is 0. The first kappa shape index (κ1) is 2.82. The van der Waals surface area contributed by atoms with E-state index in [1.54, 1.807) is 0 Å². The van der Waals surface area contributed by atoms with E-state index in [4.69, 9.17) is 0 Å². The molecule has 1 aliphatic heterocycles. The quantitative estimate of drug-likeness (QED) is 0.396. The fourth-order valence-corrected chi connectivity index (χ4v) is 0.340. The zero-order valence-electron chi connectivity index (χ0n) is 2.94. The van der Waals surface area contributed by atoms with Gasteiger partial charge in [0.2, 0.25) is 7.41 Å². The summed E-state index contributed by atoms with van der Waals surface area (Å²) in [6, 6.07) is 0. The van der Waals surface area contributed by atoms with Crippen molar-refractivity contribution in [2.24, 2.45) is 0 Å². The summed E-state index contributed by atoms with van der Waals surface area (Å²) >= 11 is 0. The monoisotopic (exact) mass is 66.1 g/mol. The molecule has 1 aliphatic rings. The Balaban J connectivity index is 2.32. The van der Waals surface area contributed by atoms with Crippen molar-refractivity contribution in [2.45, 2.75) is 6.32 Å². The summed E-state index contributed by atoms with van der Waals surface area (Å²) in [4.78, 5) is 0. The predicted molar refractivity (Wildman–Crippen MR) is 22.8 cm³/mol. The molecule has 0 saturated heterocycles. The van der Waals surface area contributed by atoms with E-state index in [1.165, 1.54) is 0 Å². The van der Waals surface area contributed by atoms with Crippen LogP contribution in [0.15, 0.2) is 12.3 Å². The van der Waals surface area contributed by atoms with Crippen LogP contribution in [0.1, 0.15) is 0 Å². The Labute approximate surface area is 32.3 Å². The van der Waals surface area contributed by atoms with Crippen molar-refractivity contribution < 1.29 is 0 Å². The van der Waals surface area contributed by atoms with Gasteiger partial charge in [-0.25, -0.2) is 0 Å². The van der Waals surface area contributed by atoms with Gasteiger partial charge in [0.1, 0.15) is 0 Å². The summed E-state index contributed by atoms with van der Waals surface area (Å²) in [7, 11) is 2.00. The molecule has 1 N–H and O–H groups in total. The minimum atomic E-state index is 1.08. The maximum atomic E-state index is 2.92. The summed E-state index contributed by atoms with van der Waals surface area (Å²) in [6.07, 6.45) is 5.08. The lowest BCUT2D eigenvalue weighted by Crippen LogP contribution is -2.01. The minimum absolute atomic E-state index is 1.08. The topological polar surface area (TPSA) is 12.0 Å². The summed E-state index contributed by atoms with van der Waals surface area (Å²) in [5.41, 5.74) is 0. The van der Waals surface area contributed by atoms with E-state index in [2.05, 4.69) is 11.3 Å². The Hall–Kier alpha value is -0.395. The Morgan fingerprint density at radius 3 is 3.00 bits per heavy atom. The van der Waals surface area contributed by atoms with E-state index in [0.29, 0.717) is 0 Å². The molecule has 0 saturated carbocycles. The number of hydrogen-bond acceptors (Lipinski definition) is 1. The Bertz CT molecular complexity index is 44.9. The molecule has 25 valence electrons. The minimum Gasteiger partial charge on any atom is -0.438 e. The summed E-state index contributed by atoms with van der Waals surface area (Å²) in [5.74, 6) is 0. The van der Waals surface area contributed by atoms with Gasteiger partial charge in [-0.15, -0.1) is 0 Å². The third kappa shape index (κ3) is 0.438. The first-order valence-corrected chi connectivity index (χ1v) is 1.73. The normalized spacial score (nSPS) is 17.6. The third-order valence-electron chi connectivity index (χ3n) is 0.586. The van der Waals surface area contributed by atoms with Gasteiger partial charge >= 0.3 is 0 Å². The van der Waals surface area contributed by atoms with Crippen molar-refractivity contribution in [3.05, 3.63) is 12.3 Å². The van der Waals surface area contributed by atoms with E-state index in [9.17, 15) is 0 Å². The van der Waals surface area contributed by atoms with Crippen LogP contribution in [-0.2, 0) is 0 Å². The highest BCUT2D eigenvalue weighted by Crippen LogP contribution is 1.83. The van der Waals surface area contributed by atoms with Crippen LogP contribution in [-0.4, -0.2) is 7.41 Å². The van der Waals surface area contributed by atoms with Gasteiger partial charge < -0.3 is 5.23 Å². The number of rotatable bonds is 0. The van der Waals surface area contributed by atoms with Crippen LogP contribution >= 0.6 is 0 Å². The molecule has 0 aromatic rings. The van der Waals surface area contributed by atoms with Crippen molar-refractivity contribution in [3.8, 4) is 0 Å². The van der Waals surface area contributed by atoms with Gasteiger partial charge in [-0.1, -0.05) is 6.08 Å². The van der Waals surface area contributed by atoms with Gasteiger partial charge in [-0.2, -0.15) is 0 Å². The lowest BCUT2D eigenvalue weighted by Gasteiger charge is -1.74. The van der Waals surface area contributed by atoms with Crippen LogP contribution in [0.3, 0.4) is 0 Å². The molecule has 1 radical (unpaired) electrons. The molecule has 0 atom stereocenters. The van der Waals surface area contributed by atoms with E-state index in [-0.39, 0.29) is 0 Å². The smallest absolute Gasteiger partial charge is 0.246 e. The van der Waals surface area contributed by atoms with Gasteiger partial charge in [0, 0.05) is 0 Å². The van der Waals surface area contributed by atoms with Crippen LogP contribution in [0.2, 0.25) is 6.32 Å². The van der Waals surface area contributed by atoms with Gasteiger partial charge in [-0.05, 0) is 12.5 Å². The number of nitrogens with one attached hydrogen (secondary N) is 1. The molecular formula is C3H5BN. The molecule has 0 aromatic carbocycles. The second-order valence-electron chi connectivity index (χ2n) is 1.01. The molecule has 0 aromatic heterocycles. The van der Waals surface area contributed by atoms with Crippen LogP contribution in [0.5, 0.6) is 0 Å². The summed E-state index contributed by atoms with van der Waals surface area (Å²) in [5, 5.41) is 2.92. The second-order valence-corrected chi connectivity index (χ2v) is 1.01. The van der Waals surface area contributed by atoms with Crippen molar-refractivity contribution in [1.29, 1.82) is 0 Å². The molecule has 0 spiro atoms. The predicted octanol–water partition coefficient (Wildman–Crippen LogP) is 0.141. The average molecular weight is 65.9 g/mol. The second kappa shape index (κ2) is 1.15. The van der Waals surface area contributed by atoms with Crippen molar-refractivity contribution >= 4 is 7.41 Å². The SMILES string of the molecule is [B]1CC=CN1. The van der Waals surface area contributed by atoms with E-state index < -0.39 is 0 Å². The first-order chi connectivity index (χ1) is 2.50. The molecule has 0 amide bonds. The maximum absolute atomic E-state index is 2.92. The van der Waals surface area contributed by atoms with Gasteiger partial charge in [-0.3, -0.25) is 0 Å². The highest BCUT2D eigenvalue weighted by atomic mass is 14.7. The Morgan fingerprint density at radius 2 is 2.80 bits per heavy atom. The molecular weight excluding hydrogens is 60.9 g/mol. The molecule has 0 unspecified atom stereocenters. The Kier molecular flexibility index (Phi) is 0.651. The highest BCUT2D eigenvalue weighted by molar-refractivity contribution is 6.34. The standard InChI is InChI=1S/C3H5BN/c1-2-4-5-3-1/h1,3,5H,2H2. The Morgan fingerprint density at radius 1 is 1.80 bits per heavy atom. The van der Waals surface area contributed by atoms with Crippen LogP contribution in [0, 0.1) is 0 Å². The lowest BCUT2D eigenvalue weighted by atomic mass is 9.94. The van der Waals surface area contributed by atoms with E-state index in [1.807, 2.05) is 13.6 Å². The number of hydrogen-bond donors (Lipinski definition) is 1. The molecule has 0 fully saturated rings. The average Bonchev–Trinajstić information content (AvgIpc) is 1.76. The van der Waals surface area contributed by atoms with Crippen LogP contribution < -0.4 is 5.23 Å². The fraction of sp³-hybridized carbons (Fsp3) is 0.333. The van der Waals surface area contributed by atoms with Crippen LogP contribution in [0.25, 0.3) is 0 Å². The molecule has 0 bridgehead atoms. The molecule has 2 heteroatoms. The maximum Gasteiger partial charge on any atom is 0.246 e. The third-order valence-corrected chi connectivity index (χ3v) is 0.586. The van der Waals surface area contributed by atoms with Gasteiger partial charge in [0.25, 0.3) is 0 Å². The van der Waals surface area contributed by atoms with Crippen molar-refractivity contribution in [3.63, 3.8) is 0 Å². The van der Waals surface area contributed by atoms with Gasteiger partial charge in [0.05, 0.1) is 0 Å². The van der Waals surface area contributed by atoms with E-state index in [0.717, 1.165) is 6.32 Å². The molecule has 1 rings (SSSR count). The van der Waals surface area contributed by atoms with Crippen molar-refractivity contribution in [2.75, 3.05) is 0 Å². The van der Waals surface area contributed by atoms with Gasteiger partial charge in [0.15, 0.2) is 0 Å². The zero-order valence-corrected chi connectivity index (χ0v) is 2.94. The fourth-order valence-electron chi connectivity index (χ4n) is 0.340. The molecule has 1 nitrogen and oxygen atoms in total. The number of allylic oxidation sites excluding steroid dienone is 1.